The molecule has 12 heteroatoms. The second kappa shape index (κ2) is 8.10. The molecular weight excluding hydrogens is 487 g/mol. The summed E-state index contributed by atoms with van der Waals surface area (Å²) in [4.78, 5) is 26.0. The van der Waals surface area contributed by atoms with Crippen LogP contribution < -0.4 is 16.4 Å². The average Bonchev–Trinajstić information content (AvgIpc) is 3.12. The first-order valence-corrected chi connectivity index (χ1v) is 11.9. The van der Waals surface area contributed by atoms with Gasteiger partial charge in [-0.3, -0.25) is 4.79 Å². The second-order valence-electron chi connectivity index (χ2n) is 8.69. The number of hydrogen-bond donors (Lipinski definition) is 1. The molecule has 9 nitrogen and oxygen atoms in total. The fourth-order valence-corrected chi connectivity index (χ4v) is 4.85. The molecule has 2 N–H and O–H groups in total. The molecule has 34 heavy (non-hydrogen) atoms. The Labute approximate surface area is 199 Å². The van der Waals surface area contributed by atoms with E-state index in [2.05, 4.69) is 5.10 Å². The van der Waals surface area contributed by atoms with E-state index in [0.717, 1.165) is 21.7 Å². The minimum absolute atomic E-state index is 0.0848. The van der Waals surface area contributed by atoms with Crippen LogP contribution in [-0.4, -0.2) is 24.1 Å². The van der Waals surface area contributed by atoms with Crippen LogP contribution in [0.2, 0.25) is 5.02 Å². The number of anilines is 1. The van der Waals surface area contributed by atoms with Crippen molar-refractivity contribution in [2.45, 2.75) is 37.8 Å². The minimum atomic E-state index is -4.27. The number of halogens is 2. The first kappa shape index (κ1) is 23.7. The summed E-state index contributed by atoms with van der Waals surface area (Å²) in [7, 11) is -4.27. The second-order valence-corrected chi connectivity index (χ2v) is 10.9. The summed E-state index contributed by atoms with van der Waals surface area (Å²) in [5.74, 6) is -2.97. The van der Waals surface area contributed by atoms with Gasteiger partial charge in [0, 0.05) is 5.02 Å². The van der Waals surface area contributed by atoms with Gasteiger partial charge >= 0.3 is 5.76 Å². The Kier molecular flexibility index (Phi) is 5.65. The molecular formula is C22H20ClFN4O5S. The Morgan fingerprint density at radius 3 is 2.38 bits per heavy atom. The third-order valence-electron chi connectivity index (χ3n) is 5.09. The molecule has 0 bridgehead atoms. The van der Waals surface area contributed by atoms with E-state index < -0.39 is 43.4 Å². The molecule has 0 unspecified atom stereocenters. The van der Waals surface area contributed by atoms with Crippen LogP contribution in [0.4, 0.5) is 10.1 Å². The van der Waals surface area contributed by atoms with Crippen molar-refractivity contribution >= 4 is 33.0 Å². The Morgan fingerprint density at radius 1 is 1.15 bits per heavy atom. The van der Waals surface area contributed by atoms with Gasteiger partial charge in [0.25, 0.3) is 11.8 Å². The van der Waals surface area contributed by atoms with E-state index in [1.165, 1.54) is 0 Å². The van der Waals surface area contributed by atoms with Gasteiger partial charge in [0.15, 0.2) is 0 Å². The summed E-state index contributed by atoms with van der Waals surface area (Å²) in [5.41, 5.74) is 4.67. The number of aromatic nitrogens is 2. The normalized spacial score (nSPS) is 15.6. The maximum atomic E-state index is 15.1. The highest BCUT2D eigenvalue weighted by Crippen LogP contribution is 2.37. The number of fused-ring (bicyclic) bond motifs is 1. The molecule has 0 spiro atoms. The molecule has 4 rings (SSSR count). The lowest BCUT2D eigenvalue weighted by atomic mass is 10.1. The summed E-state index contributed by atoms with van der Waals surface area (Å²) in [6.07, 6.45) is 0. The van der Waals surface area contributed by atoms with Crippen molar-refractivity contribution in [2.24, 2.45) is 5.73 Å². The van der Waals surface area contributed by atoms with E-state index in [9.17, 15) is 18.0 Å². The van der Waals surface area contributed by atoms with Crippen LogP contribution in [0.5, 0.6) is 0 Å². The van der Waals surface area contributed by atoms with Crippen molar-refractivity contribution in [1.82, 2.24) is 9.78 Å². The molecule has 0 saturated carbocycles. The molecule has 1 aliphatic rings. The zero-order valence-corrected chi connectivity index (χ0v) is 19.9. The van der Waals surface area contributed by atoms with Crippen molar-refractivity contribution in [3.63, 3.8) is 0 Å². The maximum absolute atomic E-state index is 15.1. The Morgan fingerprint density at radius 2 is 1.79 bits per heavy atom. The number of carbonyl (C=O) groups is 1. The highest BCUT2D eigenvalue weighted by molar-refractivity contribution is 7.94. The minimum Gasteiger partial charge on any atom is -0.394 e. The first-order valence-electron chi connectivity index (χ1n) is 10.0. The lowest BCUT2D eigenvalue weighted by Crippen LogP contribution is -2.33. The Balaban J connectivity index is 1.94. The number of nitrogens with two attached hydrogens (primary N) is 1. The van der Waals surface area contributed by atoms with Crippen molar-refractivity contribution in [1.29, 1.82) is 0 Å². The molecule has 0 atom stereocenters. The van der Waals surface area contributed by atoms with Crippen molar-refractivity contribution in [3.8, 4) is 11.5 Å². The van der Waals surface area contributed by atoms with Crippen LogP contribution in [0.15, 0.2) is 61.6 Å². The van der Waals surface area contributed by atoms with Crippen LogP contribution in [0, 0.1) is 5.82 Å². The predicted octanol–water partition coefficient (Wildman–Crippen LogP) is 3.17. The van der Waals surface area contributed by atoms with E-state index >= 15 is 4.39 Å². The molecule has 0 radical (unpaired) electrons. The Bertz CT molecular complexity index is 1500. The molecule has 178 valence electrons. The van der Waals surface area contributed by atoms with E-state index in [1.54, 1.807) is 45.0 Å². The van der Waals surface area contributed by atoms with Gasteiger partial charge in [-0.1, -0.05) is 23.7 Å². The van der Waals surface area contributed by atoms with Crippen LogP contribution in [-0.2, 0) is 26.7 Å². The quantitative estimate of drug-likeness (QED) is 0.577. The number of rotatable bonds is 3. The Hall–Kier alpha value is -3.44. The van der Waals surface area contributed by atoms with Crippen LogP contribution in [0.1, 0.15) is 26.3 Å². The first-order chi connectivity index (χ1) is 15.8. The topological polar surface area (TPSA) is 128 Å². The van der Waals surface area contributed by atoms with Gasteiger partial charge in [-0.15, -0.1) is 5.10 Å². The van der Waals surface area contributed by atoms with Crippen molar-refractivity contribution in [3.05, 3.63) is 74.5 Å². The average molecular weight is 507 g/mol. The van der Waals surface area contributed by atoms with Gasteiger partial charge in [0.1, 0.15) is 11.5 Å². The van der Waals surface area contributed by atoms with E-state index in [4.69, 9.17) is 21.8 Å². The predicted molar refractivity (Wildman–Crippen MR) is 123 cm³/mol. The van der Waals surface area contributed by atoms with Crippen molar-refractivity contribution < 1.29 is 22.0 Å². The lowest BCUT2D eigenvalue weighted by Gasteiger charge is -2.24. The summed E-state index contributed by atoms with van der Waals surface area (Å²) in [6, 6.07) is 8.40. The number of carbonyl (C=O) groups excluding carboxylic acids is 1. The van der Waals surface area contributed by atoms with Crippen LogP contribution >= 0.6 is 11.6 Å². The number of sulfone groups is 1. The summed E-state index contributed by atoms with van der Waals surface area (Å²) < 4.78 is 47.1. The highest BCUT2D eigenvalue weighted by Gasteiger charge is 2.33. The number of amides is 1. The third kappa shape index (κ3) is 4.24. The maximum Gasteiger partial charge on any atom is 0.437 e. The van der Waals surface area contributed by atoms with E-state index in [-0.39, 0.29) is 23.7 Å². The number of benzene rings is 2. The molecule has 0 aliphatic carbocycles. The zero-order chi connectivity index (χ0) is 25.0. The van der Waals surface area contributed by atoms with Gasteiger partial charge in [0.2, 0.25) is 9.84 Å². The molecule has 1 aliphatic heterocycles. The zero-order valence-electron chi connectivity index (χ0n) is 18.4. The van der Waals surface area contributed by atoms with Gasteiger partial charge in [0.05, 0.1) is 33.6 Å². The molecule has 2 heterocycles. The molecule has 1 amide bonds. The fraction of sp³-hybridized carbons (Fsp3) is 0.227. The lowest BCUT2D eigenvalue weighted by molar-refractivity contribution is -0.115. The SMILES string of the molecule is CC(C)(C)n1nc(-c2cc3c(cc2F)S(=O)(=O)C=C(N)C(=O)N3Cc2ccc(Cl)cc2)oc1=O. The fourth-order valence-electron chi connectivity index (χ4n) is 3.43. The summed E-state index contributed by atoms with van der Waals surface area (Å²) >= 11 is 5.93. The summed E-state index contributed by atoms with van der Waals surface area (Å²) in [5, 5.41) is 5.14. The third-order valence-corrected chi connectivity index (χ3v) is 6.84. The molecule has 0 saturated heterocycles. The van der Waals surface area contributed by atoms with Crippen LogP contribution in [0.25, 0.3) is 11.5 Å². The number of hydrogen-bond acceptors (Lipinski definition) is 7. The van der Waals surface area contributed by atoms with Crippen molar-refractivity contribution in [2.75, 3.05) is 4.90 Å². The largest absolute Gasteiger partial charge is 0.437 e. The summed E-state index contributed by atoms with van der Waals surface area (Å²) in [6.45, 7) is 5.05. The van der Waals surface area contributed by atoms with Gasteiger partial charge in [-0.25, -0.2) is 17.6 Å². The monoisotopic (exact) mass is 506 g/mol. The van der Waals surface area contributed by atoms with E-state index in [1.807, 2.05) is 0 Å². The molecule has 3 aromatic rings. The van der Waals surface area contributed by atoms with Gasteiger partial charge in [-0.05, 0) is 50.6 Å². The standard InChI is InChI=1S/C22H20ClFN4O5S/c1-22(2,3)28-21(30)33-19(26-28)14-8-17-18(9-15(14)24)34(31,32)11-16(25)20(29)27(17)10-12-4-6-13(23)7-5-12/h4-9,11H,10,25H2,1-3H3. The smallest absolute Gasteiger partial charge is 0.394 e. The van der Waals surface area contributed by atoms with Gasteiger partial charge < -0.3 is 15.1 Å². The molecule has 1 aromatic heterocycles. The van der Waals surface area contributed by atoms with Gasteiger partial charge in [-0.2, -0.15) is 4.68 Å². The molecule has 2 aromatic carbocycles. The number of nitrogens with zero attached hydrogens (tertiary/aromatic N) is 3. The van der Waals surface area contributed by atoms with Crippen LogP contribution in [0.3, 0.4) is 0 Å². The highest BCUT2D eigenvalue weighted by atomic mass is 35.5. The van der Waals surface area contributed by atoms with E-state index in [0.29, 0.717) is 16.0 Å². The molecule has 0 fully saturated rings.